The number of nitrogens with one attached hydrogen (secondary N) is 2. The average Bonchev–Trinajstić information content (AvgIpc) is 2.24. The van der Waals surface area contributed by atoms with Crippen LogP contribution in [0.15, 0.2) is 16.4 Å². The van der Waals surface area contributed by atoms with Gasteiger partial charge >= 0.3 is 0 Å². The topological polar surface area (TPSA) is 45.6 Å². The van der Waals surface area contributed by atoms with E-state index in [2.05, 4.69) is 29.5 Å². The summed E-state index contributed by atoms with van der Waals surface area (Å²) in [4.78, 5) is 4.26. The first kappa shape index (κ1) is 12.0. The molecule has 1 aliphatic rings. The van der Waals surface area contributed by atoms with Crippen LogP contribution in [0.1, 0.15) is 26.7 Å². The summed E-state index contributed by atoms with van der Waals surface area (Å²) in [5.41, 5.74) is 1.27. The summed E-state index contributed by atoms with van der Waals surface area (Å²) in [5.74, 6) is 1.11. The second kappa shape index (κ2) is 6.45. The third kappa shape index (κ3) is 3.91. The fourth-order valence-corrected chi connectivity index (χ4v) is 1.42. The summed E-state index contributed by atoms with van der Waals surface area (Å²) in [6, 6.07) is 0.285. The molecule has 1 aliphatic heterocycles. The molecule has 4 heteroatoms. The number of unbranched alkanes of at least 4 members (excludes halogenated alkanes) is 1. The Bertz CT molecular complexity index is 248. The number of rotatable bonds is 6. The molecule has 0 fully saturated rings. The lowest BCUT2D eigenvalue weighted by molar-refractivity contribution is 0.193. The smallest absolute Gasteiger partial charge is 0.105 e. The van der Waals surface area contributed by atoms with Crippen LogP contribution < -0.4 is 10.6 Å². The Morgan fingerprint density at radius 2 is 2.33 bits per heavy atom. The van der Waals surface area contributed by atoms with E-state index in [0.29, 0.717) is 0 Å². The fourth-order valence-electron chi connectivity index (χ4n) is 1.42. The zero-order chi connectivity index (χ0) is 11.1. The summed E-state index contributed by atoms with van der Waals surface area (Å²) in [5, 5.41) is 6.52. The molecule has 0 aromatic rings. The molecule has 2 N–H and O–H groups in total. The average molecular weight is 211 g/mol. The van der Waals surface area contributed by atoms with Crippen molar-refractivity contribution < 1.29 is 4.74 Å². The van der Waals surface area contributed by atoms with Gasteiger partial charge in [-0.05, 0) is 32.3 Å². The van der Waals surface area contributed by atoms with Crippen LogP contribution in [-0.4, -0.2) is 32.6 Å². The number of aliphatic imine (C=N–C) groups is 1. The van der Waals surface area contributed by atoms with Gasteiger partial charge in [0.2, 0.25) is 0 Å². The molecule has 0 amide bonds. The molecule has 4 nitrogen and oxygen atoms in total. The quantitative estimate of drug-likeness (QED) is 0.650. The Balaban J connectivity index is 2.23. The predicted octanol–water partition coefficient (Wildman–Crippen LogP) is 1.25. The van der Waals surface area contributed by atoms with Crippen molar-refractivity contribution in [3.8, 4) is 0 Å². The zero-order valence-electron chi connectivity index (χ0n) is 9.84. The summed E-state index contributed by atoms with van der Waals surface area (Å²) in [7, 11) is 1.74. The first-order valence-electron chi connectivity index (χ1n) is 5.47. The first-order chi connectivity index (χ1) is 7.25. The maximum absolute atomic E-state index is 5.00. The third-order valence-corrected chi connectivity index (χ3v) is 2.61. The van der Waals surface area contributed by atoms with Gasteiger partial charge in [-0.2, -0.15) is 0 Å². The Labute approximate surface area is 91.8 Å². The molecule has 86 valence electrons. The number of nitrogens with zero attached hydrogens (tertiary/aromatic N) is 1. The van der Waals surface area contributed by atoms with Gasteiger partial charge < -0.3 is 15.4 Å². The standard InChI is InChI=1S/C11H21N3O/c1-9-10(2)13-8-14-11(9)12-6-4-5-7-15-3/h8,10,12H,4-7H2,1-3H3,(H,13,14). The molecule has 1 atom stereocenters. The van der Waals surface area contributed by atoms with Crippen molar-refractivity contribution in [3.63, 3.8) is 0 Å². The van der Waals surface area contributed by atoms with Crippen LogP contribution in [0.2, 0.25) is 0 Å². The molecular formula is C11H21N3O. The largest absolute Gasteiger partial charge is 0.385 e. The molecule has 1 heterocycles. The van der Waals surface area contributed by atoms with Crippen LogP contribution >= 0.6 is 0 Å². The van der Waals surface area contributed by atoms with Gasteiger partial charge in [-0.1, -0.05) is 0 Å². The monoisotopic (exact) mass is 211 g/mol. The van der Waals surface area contributed by atoms with E-state index in [1.807, 2.05) is 0 Å². The SMILES string of the molecule is COCCCCNC1=C(C)C(C)N=CN1. The van der Waals surface area contributed by atoms with E-state index in [1.165, 1.54) is 5.57 Å². The number of hydrogen-bond acceptors (Lipinski definition) is 4. The van der Waals surface area contributed by atoms with Crippen molar-refractivity contribution in [2.45, 2.75) is 32.7 Å². The zero-order valence-corrected chi connectivity index (χ0v) is 9.84. The van der Waals surface area contributed by atoms with E-state index >= 15 is 0 Å². The molecule has 1 unspecified atom stereocenters. The van der Waals surface area contributed by atoms with Crippen molar-refractivity contribution >= 4 is 6.34 Å². The Kier molecular flexibility index (Phi) is 5.18. The lowest BCUT2D eigenvalue weighted by Crippen LogP contribution is -2.32. The second-order valence-corrected chi connectivity index (χ2v) is 3.78. The van der Waals surface area contributed by atoms with Gasteiger partial charge in [-0.3, -0.25) is 4.99 Å². The Morgan fingerprint density at radius 3 is 3.07 bits per heavy atom. The minimum absolute atomic E-state index is 0.285. The third-order valence-electron chi connectivity index (χ3n) is 2.61. The van der Waals surface area contributed by atoms with Gasteiger partial charge in [0.15, 0.2) is 0 Å². The lowest BCUT2D eigenvalue weighted by atomic mass is 10.1. The number of hydrogen-bond donors (Lipinski definition) is 2. The van der Waals surface area contributed by atoms with Crippen molar-refractivity contribution in [3.05, 3.63) is 11.4 Å². The van der Waals surface area contributed by atoms with Crippen LogP contribution in [0, 0.1) is 0 Å². The Hall–Kier alpha value is -1.03. The maximum atomic E-state index is 5.00. The van der Waals surface area contributed by atoms with Gasteiger partial charge in [0.25, 0.3) is 0 Å². The van der Waals surface area contributed by atoms with Gasteiger partial charge in [0, 0.05) is 20.3 Å². The molecule has 0 spiro atoms. The molecule has 0 aromatic carbocycles. The molecule has 1 rings (SSSR count). The van der Waals surface area contributed by atoms with Crippen LogP contribution in [0.25, 0.3) is 0 Å². The Morgan fingerprint density at radius 1 is 1.53 bits per heavy atom. The molecule has 0 radical (unpaired) electrons. The van der Waals surface area contributed by atoms with Crippen molar-refractivity contribution in [1.29, 1.82) is 0 Å². The van der Waals surface area contributed by atoms with Crippen LogP contribution in [0.3, 0.4) is 0 Å². The highest BCUT2D eigenvalue weighted by atomic mass is 16.5. The summed E-state index contributed by atoms with van der Waals surface area (Å²) in [6.07, 6.45) is 3.98. The number of ether oxygens (including phenoxy) is 1. The summed E-state index contributed by atoms with van der Waals surface area (Å²) < 4.78 is 5.00. The molecule has 0 saturated heterocycles. The van der Waals surface area contributed by atoms with E-state index in [4.69, 9.17) is 4.74 Å². The van der Waals surface area contributed by atoms with Gasteiger partial charge in [0.05, 0.1) is 12.4 Å². The van der Waals surface area contributed by atoms with Crippen LogP contribution in [0.5, 0.6) is 0 Å². The van der Waals surface area contributed by atoms with E-state index in [-0.39, 0.29) is 6.04 Å². The molecule has 0 bridgehead atoms. The van der Waals surface area contributed by atoms with Gasteiger partial charge in [-0.15, -0.1) is 0 Å². The van der Waals surface area contributed by atoms with E-state index in [0.717, 1.165) is 31.8 Å². The summed E-state index contributed by atoms with van der Waals surface area (Å²) >= 11 is 0. The molecule has 0 aromatic heterocycles. The van der Waals surface area contributed by atoms with E-state index in [1.54, 1.807) is 13.4 Å². The van der Waals surface area contributed by atoms with E-state index in [9.17, 15) is 0 Å². The van der Waals surface area contributed by atoms with Crippen molar-refractivity contribution in [2.75, 3.05) is 20.3 Å². The molecule has 0 aliphatic carbocycles. The van der Waals surface area contributed by atoms with Gasteiger partial charge in [0.1, 0.15) is 5.82 Å². The maximum Gasteiger partial charge on any atom is 0.105 e. The van der Waals surface area contributed by atoms with Gasteiger partial charge in [-0.25, -0.2) is 0 Å². The highest BCUT2D eigenvalue weighted by Gasteiger charge is 2.11. The minimum Gasteiger partial charge on any atom is -0.385 e. The fraction of sp³-hybridized carbons (Fsp3) is 0.727. The molecule has 15 heavy (non-hydrogen) atoms. The first-order valence-corrected chi connectivity index (χ1v) is 5.47. The number of methoxy groups -OCH3 is 1. The van der Waals surface area contributed by atoms with Crippen LogP contribution in [-0.2, 0) is 4.74 Å². The summed E-state index contributed by atoms with van der Waals surface area (Å²) in [6.45, 7) is 6.01. The van der Waals surface area contributed by atoms with Crippen molar-refractivity contribution in [2.24, 2.45) is 4.99 Å². The van der Waals surface area contributed by atoms with Crippen molar-refractivity contribution in [1.82, 2.24) is 10.6 Å². The molecule has 0 saturated carbocycles. The normalized spacial score (nSPS) is 20.3. The highest BCUT2D eigenvalue weighted by Crippen LogP contribution is 2.10. The molecular weight excluding hydrogens is 190 g/mol. The minimum atomic E-state index is 0.285. The van der Waals surface area contributed by atoms with Crippen LogP contribution in [0.4, 0.5) is 0 Å². The second-order valence-electron chi connectivity index (χ2n) is 3.78. The highest BCUT2D eigenvalue weighted by molar-refractivity contribution is 5.60. The lowest BCUT2D eigenvalue weighted by Gasteiger charge is -2.20. The predicted molar refractivity (Wildman–Crippen MR) is 62.9 cm³/mol. The van der Waals surface area contributed by atoms with E-state index < -0.39 is 0 Å².